The molecule has 0 amide bonds. The minimum absolute atomic E-state index is 0.204. The van der Waals surface area contributed by atoms with Crippen LogP contribution in [0.2, 0.25) is 0 Å². The van der Waals surface area contributed by atoms with Crippen molar-refractivity contribution in [2.24, 2.45) is 4.99 Å². The molecule has 0 N–H and O–H groups in total. The largest absolute Gasteiger partial charge is 0.472 e. The standard InChI is InChI=1S/C8H7NOS/c11-8-5-9-6-3-1-2-4-7(6)10-8/h1-5,8,11H. The first-order valence-electron chi connectivity index (χ1n) is 3.34. The molecular formula is C8H7NOS. The lowest BCUT2D eigenvalue weighted by molar-refractivity contribution is 0.350. The first kappa shape index (κ1) is 6.73. The van der Waals surface area contributed by atoms with Gasteiger partial charge in [-0.15, -0.1) is 12.6 Å². The summed E-state index contributed by atoms with van der Waals surface area (Å²) in [5, 5.41) is 0. The Bertz CT molecular complexity index is 298. The summed E-state index contributed by atoms with van der Waals surface area (Å²) in [6.07, 6.45) is 1.67. The van der Waals surface area contributed by atoms with Gasteiger partial charge in [-0.2, -0.15) is 0 Å². The molecule has 2 nitrogen and oxygen atoms in total. The van der Waals surface area contributed by atoms with E-state index in [2.05, 4.69) is 17.6 Å². The highest BCUT2D eigenvalue weighted by Gasteiger charge is 2.10. The zero-order valence-corrected chi connectivity index (χ0v) is 6.66. The van der Waals surface area contributed by atoms with Gasteiger partial charge >= 0.3 is 0 Å². The van der Waals surface area contributed by atoms with Crippen LogP contribution >= 0.6 is 12.6 Å². The average molecular weight is 165 g/mol. The third kappa shape index (κ3) is 1.24. The van der Waals surface area contributed by atoms with Crippen molar-refractivity contribution in [1.82, 2.24) is 0 Å². The fourth-order valence-electron chi connectivity index (χ4n) is 0.968. The minimum atomic E-state index is -0.204. The Balaban J connectivity index is 2.46. The number of aliphatic imine (C=N–C) groups is 1. The van der Waals surface area contributed by atoms with Gasteiger partial charge in [-0.1, -0.05) is 12.1 Å². The van der Waals surface area contributed by atoms with Crippen LogP contribution in [0.4, 0.5) is 5.69 Å². The van der Waals surface area contributed by atoms with Crippen molar-refractivity contribution in [2.75, 3.05) is 0 Å². The lowest BCUT2D eigenvalue weighted by Crippen LogP contribution is -2.12. The first-order chi connectivity index (χ1) is 5.36. The Hall–Kier alpha value is -0.960. The van der Waals surface area contributed by atoms with Crippen LogP contribution < -0.4 is 4.74 Å². The van der Waals surface area contributed by atoms with E-state index in [4.69, 9.17) is 4.74 Å². The highest BCUT2D eigenvalue weighted by Crippen LogP contribution is 2.30. The molecule has 1 aromatic rings. The molecule has 0 bridgehead atoms. The van der Waals surface area contributed by atoms with Crippen LogP contribution in [0.1, 0.15) is 0 Å². The van der Waals surface area contributed by atoms with Crippen LogP contribution in [-0.2, 0) is 0 Å². The van der Waals surface area contributed by atoms with Gasteiger partial charge in [0.05, 0.1) is 6.21 Å². The van der Waals surface area contributed by atoms with Gasteiger partial charge in [-0.25, -0.2) is 0 Å². The van der Waals surface area contributed by atoms with Crippen molar-refractivity contribution in [3.05, 3.63) is 24.3 Å². The zero-order valence-electron chi connectivity index (χ0n) is 5.77. The van der Waals surface area contributed by atoms with E-state index >= 15 is 0 Å². The predicted molar refractivity (Wildman–Crippen MR) is 48.0 cm³/mol. The van der Waals surface area contributed by atoms with Crippen LogP contribution in [0.5, 0.6) is 5.75 Å². The maximum Gasteiger partial charge on any atom is 0.177 e. The highest BCUT2D eigenvalue weighted by molar-refractivity contribution is 7.81. The van der Waals surface area contributed by atoms with E-state index in [1.165, 1.54) is 0 Å². The van der Waals surface area contributed by atoms with Gasteiger partial charge in [-0.05, 0) is 12.1 Å². The number of ether oxygens (including phenoxy) is 1. The SMILES string of the molecule is SC1C=Nc2ccccc2O1. The van der Waals surface area contributed by atoms with E-state index in [-0.39, 0.29) is 5.44 Å². The number of benzene rings is 1. The second-order valence-electron chi connectivity index (χ2n) is 2.25. The van der Waals surface area contributed by atoms with E-state index in [0.29, 0.717) is 0 Å². The Morgan fingerprint density at radius 3 is 3.09 bits per heavy atom. The molecule has 0 aliphatic carbocycles. The minimum Gasteiger partial charge on any atom is -0.472 e. The van der Waals surface area contributed by atoms with E-state index in [1.807, 2.05) is 24.3 Å². The Morgan fingerprint density at radius 1 is 1.36 bits per heavy atom. The molecule has 0 saturated carbocycles. The van der Waals surface area contributed by atoms with Gasteiger partial charge in [0.1, 0.15) is 11.4 Å². The predicted octanol–water partition coefficient (Wildman–Crippen LogP) is 2.04. The van der Waals surface area contributed by atoms with Crippen molar-refractivity contribution in [3.63, 3.8) is 0 Å². The third-order valence-corrected chi connectivity index (χ3v) is 1.69. The maximum atomic E-state index is 5.35. The normalized spacial score (nSPS) is 20.6. The van der Waals surface area contributed by atoms with Crippen molar-refractivity contribution in [1.29, 1.82) is 0 Å². The van der Waals surface area contributed by atoms with Gasteiger partial charge < -0.3 is 4.74 Å². The number of thiol groups is 1. The number of rotatable bonds is 0. The molecule has 0 saturated heterocycles. The zero-order chi connectivity index (χ0) is 7.68. The molecule has 1 unspecified atom stereocenters. The highest BCUT2D eigenvalue weighted by atomic mass is 32.1. The monoisotopic (exact) mass is 165 g/mol. The van der Waals surface area contributed by atoms with Crippen LogP contribution in [0.15, 0.2) is 29.3 Å². The Kier molecular flexibility index (Phi) is 1.58. The van der Waals surface area contributed by atoms with Crippen LogP contribution in [0.3, 0.4) is 0 Å². The van der Waals surface area contributed by atoms with E-state index < -0.39 is 0 Å². The molecule has 1 heterocycles. The molecule has 11 heavy (non-hydrogen) atoms. The van der Waals surface area contributed by atoms with E-state index in [0.717, 1.165) is 11.4 Å². The molecule has 3 heteroatoms. The first-order valence-corrected chi connectivity index (χ1v) is 3.86. The molecule has 0 aromatic heterocycles. The molecule has 1 aliphatic heterocycles. The molecule has 0 spiro atoms. The fraction of sp³-hybridized carbons (Fsp3) is 0.125. The van der Waals surface area contributed by atoms with Crippen molar-refractivity contribution < 1.29 is 4.74 Å². The average Bonchev–Trinajstić information content (AvgIpc) is 2.04. The van der Waals surface area contributed by atoms with Crippen molar-refractivity contribution in [3.8, 4) is 5.75 Å². The fourth-order valence-corrected chi connectivity index (χ4v) is 1.15. The third-order valence-electron chi connectivity index (χ3n) is 1.45. The van der Waals surface area contributed by atoms with E-state index in [1.54, 1.807) is 6.21 Å². The quantitative estimate of drug-likeness (QED) is 0.584. The Labute approximate surface area is 70.3 Å². The van der Waals surface area contributed by atoms with Gasteiger partial charge in [0.15, 0.2) is 5.44 Å². The number of nitrogens with zero attached hydrogens (tertiary/aromatic N) is 1. The molecular weight excluding hydrogens is 158 g/mol. The van der Waals surface area contributed by atoms with Gasteiger partial charge in [0, 0.05) is 0 Å². The van der Waals surface area contributed by atoms with Gasteiger partial charge in [0.2, 0.25) is 0 Å². The summed E-state index contributed by atoms with van der Waals surface area (Å²) < 4.78 is 5.35. The van der Waals surface area contributed by atoms with Crippen molar-refractivity contribution >= 4 is 24.5 Å². The lowest BCUT2D eigenvalue weighted by Gasteiger charge is -2.15. The summed E-state index contributed by atoms with van der Waals surface area (Å²) in [5.41, 5.74) is 0.669. The summed E-state index contributed by atoms with van der Waals surface area (Å²) in [7, 11) is 0. The van der Waals surface area contributed by atoms with E-state index in [9.17, 15) is 0 Å². The Morgan fingerprint density at radius 2 is 2.18 bits per heavy atom. The number of hydrogen-bond donors (Lipinski definition) is 1. The molecule has 0 fully saturated rings. The summed E-state index contributed by atoms with van der Waals surface area (Å²) in [6.45, 7) is 0. The summed E-state index contributed by atoms with van der Waals surface area (Å²) in [5.74, 6) is 0.801. The molecule has 1 atom stereocenters. The molecule has 0 radical (unpaired) electrons. The smallest absolute Gasteiger partial charge is 0.177 e. The van der Waals surface area contributed by atoms with Gasteiger partial charge in [-0.3, -0.25) is 4.99 Å². The van der Waals surface area contributed by atoms with Crippen LogP contribution in [-0.4, -0.2) is 11.7 Å². The summed E-state index contributed by atoms with van der Waals surface area (Å²) >= 11 is 4.11. The molecule has 56 valence electrons. The van der Waals surface area contributed by atoms with Gasteiger partial charge in [0.25, 0.3) is 0 Å². The lowest BCUT2D eigenvalue weighted by atomic mass is 10.3. The van der Waals surface area contributed by atoms with Crippen LogP contribution in [0.25, 0.3) is 0 Å². The number of fused-ring (bicyclic) bond motifs is 1. The molecule has 1 aliphatic rings. The topological polar surface area (TPSA) is 21.6 Å². The summed E-state index contributed by atoms with van der Waals surface area (Å²) in [4.78, 5) is 4.15. The number of hydrogen-bond acceptors (Lipinski definition) is 3. The van der Waals surface area contributed by atoms with Crippen molar-refractivity contribution in [2.45, 2.75) is 5.44 Å². The van der Waals surface area contributed by atoms with Crippen LogP contribution in [0, 0.1) is 0 Å². The summed E-state index contributed by atoms with van der Waals surface area (Å²) in [6, 6.07) is 7.64. The molecule has 2 rings (SSSR count). The second-order valence-corrected chi connectivity index (χ2v) is 2.76. The maximum absolute atomic E-state index is 5.35. The number of para-hydroxylation sites is 2. The molecule has 1 aromatic carbocycles. The second kappa shape index (κ2) is 2.58.